The molecule has 2 heterocycles. The Labute approximate surface area is 232 Å². The van der Waals surface area contributed by atoms with E-state index in [-0.39, 0.29) is 29.8 Å². The van der Waals surface area contributed by atoms with E-state index < -0.39 is 0 Å². The molecule has 2 saturated carbocycles. The molecule has 4 aliphatic carbocycles. The first kappa shape index (κ1) is 25.6. The number of carbonyl (C=O) groups excluding carboxylic acids is 1. The van der Waals surface area contributed by atoms with Crippen molar-refractivity contribution in [3.63, 3.8) is 0 Å². The number of allylic oxidation sites excluding steroid dienone is 3. The maximum absolute atomic E-state index is 14.2. The fourth-order valence-corrected chi connectivity index (χ4v) is 9.71. The number of hydrogen-bond donors (Lipinski definition) is 1. The third-order valence-electron chi connectivity index (χ3n) is 11.9. The van der Waals surface area contributed by atoms with Gasteiger partial charge in [0.1, 0.15) is 0 Å². The van der Waals surface area contributed by atoms with Gasteiger partial charge in [-0.3, -0.25) is 9.69 Å². The molecule has 2 fully saturated rings. The van der Waals surface area contributed by atoms with Gasteiger partial charge in [-0.15, -0.1) is 0 Å². The molecule has 39 heavy (non-hydrogen) atoms. The Morgan fingerprint density at radius 1 is 1.13 bits per heavy atom. The number of carbonyl (C=O) groups is 1. The van der Waals surface area contributed by atoms with Gasteiger partial charge in [0.2, 0.25) is 12.5 Å². The quantitative estimate of drug-likeness (QED) is 0.496. The number of aliphatic hydroxyl groups excluding tert-OH is 1. The molecule has 1 aromatic carbocycles. The van der Waals surface area contributed by atoms with Crippen LogP contribution in [-0.4, -0.2) is 49.4 Å². The zero-order chi connectivity index (χ0) is 27.1. The topological polar surface area (TPSA) is 68.2 Å². The second-order valence-electron chi connectivity index (χ2n) is 13.6. The van der Waals surface area contributed by atoms with E-state index in [9.17, 15) is 9.90 Å². The van der Waals surface area contributed by atoms with E-state index in [1.807, 2.05) is 0 Å². The average Bonchev–Trinajstić information content (AvgIpc) is 3.53. The molecule has 210 valence electrons. The van der Waals surface area contributed by atoms with E-state index in [4.69, 9.17) is 14.2 Å². The summed E-state index contributed by atoms with van der Waals surface area (Å²) < 4.78 is 17.4. The number of fused-ring (bicyclic) bond motifs is 7. The highest BCUT2D eigenvalue weighted by atomic mass is 16.7. The van der Waals surface area contributed by atoms with Gasteiger partial charge in [0.15, 0.2) is 17.3 Å². The minimum Gasteiger partial charge on any atom is -0.492 e. The maximum Gasteiger partial charge on any atom is 0.231 e. The summed E-state index contributed by atoms with van der Waals surface area (Å²) in [5.41, 5.74) is 5.03. The number of nitrogens with zero attached hydrogens (tertiary/aromatic N) is 1. The van der Waals surface area contributed by atoms with Gasteiger partial charge in [0, 0.05) is 24.6 Å². The van der Waals surface area contributed by atoms with Crippen LogP contribution < -0.4 is 14.2 Å². The Hall–Kier alpha value is -2.31. The van der Waals surface area contributed by atoms with E-state index in [0.29, 0.717) is 35.7 Å². The van der Waals surface area contributed by atoms with Crippen LogP contribution in [0.25, 0.3) is 0 Å². The molecule has 0 spiro atoms. The van der Waals surface area contributed by atoms with Gasteiger partial charge in [0.25, 0.3) is 0 Å². The Kier molecular flexibility index (Phi) is 5.99. The van der Waals surface area contributed by atoms with Crippen molar-refractivity contribution in [1.82, 2.24) is 4.90 Å². The first-order valence-corrected chi connectivity index (χ1v) is 15.1. The van der Waals surface area contributed by atoms with Crippen LogP contribution in [0.2, 0.25) is 0 Å². The SMILES string of the molecule is COc1c2c(cc3c1[C@H](CC(=O)C1=CC[C@H]4[C@@H]5CC=C6C[C@H](O)CC[C@]6(C)[C@H]5CC[C@]14C)N(C)CC3)OCO2. The molecule has 6 aliphatic rings. The van der Waals surface area contributed by atoms with Crippen molar-refractivity contribution in [3.8, 4) is 17.2 Å². The molecule has 0 aromatic heterocycles. The van der Waals surface area contributed by atoms with Gasteiger partial charge in [-0.1, -0.05) is 31.6 Å². The van der Waals surface area contributed by atoms with Gasteiger partial charge in [0.05, 0.1) is 13.2 Å². The van der Waals surface area contributed by atoms with E-state index in [0.717, 1.165) is 74.1 Å². The summed E-state index contributed by atoms with van der Waals surface area (Å²) in [7, 11) is 3.81. The standard InChI is InChI=1S/C33H43NO5/c1-32-12-9-21(35)16-20(32)5-6-22-23-7-8-25(33(23,2)13-10-24(22)32)27(36)17-26-29-19(11-14-34(26)3)15-28-30(31(29)37-4)39-18-38-28/h5,8,15,21-24,26,35H,6-7,9-14,16-18H2,1-4H3/t21-,22+,23+,24+,26+,32+,33+/m1/s1. The molecule has 1 aromatic rings. The Balaban J connectivity index is 1.15. The van der Waals surface area contributed by atoms with Crippen molar-refractivity contribution in [2.75, 3.05) is 27.5 Å². The predicted molar refractivity (Wildman–Crippen MR) is 149 cm³/mol. The predicted octanol–water partition coefficient (Wildman–Crippen LogP) is 5.77. The summed E-state index contributed by atoms with van der Waals surface area (Å²) in [6.07, 6.45) is 13.2. The number of Topliss-reactive ketones (excluding diaryl/α,β-unsaturated/α-hetero) is 1. The van der Waals surface area contributed by atoms with Crippen molar-refractivity contribution >= 4 is 5.78 Å². The summed E-state index contributed by atoms with van der Waals surface area (Å²) in [5.74, 6) is 4.24. The van der Waals surface area contributed by atoms with E-state index in [2.05, 4.69) is 44.0 Å². The number of methoxy groups -OCH3 is 1. The van der Waals surface area contributed by atoms with E-state index >= 15 is 0 Å². The van der Waals surface area contributed by atoms with Crippen LogP contribution in [0.3, 0.4) is 0 Å². The summed E-state index contributed by atoms with van der Waals surface area (Å²) in [6, 6.07) is 2.05. The molecule has 6 heteroatoms. The van der Waals surface area contributed by atoms with Gasteiger partial charge in [-0.05, 0) is 104 Å². The molecule has 0 saturated heterocycles. The minimum absolute atomic E-state index is 0.0432. The number of likely N-dealkylation sites (N-methyl/N-ethyl adjacent to an activating group) is 1. The normalized spacial score (nSPS) is 38.6. The van der Waals surface area contributed by atoms with Crippen LogP contribution >= 0.6 is 0 Å². The summed E-state index contributed by atoms with van der Waals surface area (Å²) in [6.45, 7) is 5.96. The van der Waals surface area contributed by atoms with Crippen molar-refractivity contribution in [2.45, 2.75) is 83.8 Å². The fraction of sp³-hybridized carbons (Fsp3) is 0.667. The molecule has 6 nitrogen and oxygen atoms in total. The van der Waals surface area contributed by atoms with Gasteiger partial charge in [-0.2, -0.15) is 0 Å². The van der Waals surface area contributed by atoms with Gasteiger partial charge in [-0.25, -0.2) is 0 Å². The minimum atomic E-state index is -0.172. The average molecular weight is 534 g/mol. The zero-order valence-corrected chi connectivity index (χ0v) is 23.9. The molecular weight excluding hydrogens is 490 g/mol. The largest absolute Gasteiger partial charge is 0.492 e. The Morgan fingerprint density at radius 3 is 2.77 bits per heavy atom. The van der Waals surface area contributed by atoms with Crippen LogP contribution in [0.4, 0.5) is 0 Å². The highest BCUT2D eigenvalue weighted by molar-refractivity contribution is 5.98. The Morgan fingerprint density at radius 2 is 1.95 bits per heavy atom. The lowest BCUT2D eigenvalue weighted by molar-refractivity contribution is -0.119. The van der Waals surface area contributed by atoms with Crippen molar-refractivity contribution < 1.29 is 24.1 Å². The van der Waals surface area contributed by atoms with Crippen molar-refractivity contribution in [2.24, 2.45) is 28.6 Å². The molecule has 7 atom stereocenters. The lowest BCUT2D eigenvalue weighted by Gasteiger charge is -2.57. The fourth-order valence-electron chi connectivity index (χ4n) is 9.71. The molecular formula is C33H43NO5. The summed E-state index contributed by atoms with van der Waals surface area (Å²) in [5, 5.41) is 10.3. The van der Waals surface area contributed by atoms with E-state index in [1.165, 1.54) is 17.6 Å². The second kappa shape index (κ2) is 9.10. The van der Waals surface area contributed by atoms with Crippen LogP contribution in [0.5, 0.6) is 17.2 Å². The molecule has 7 rings (SSSR count). The summed E-state index contributed by atoms with van der Waals surface area (Å²) >= 11 is 0. The third-order valence-corrected chi connectivity index (χ3v) is 11.9. The number of ketones is 1. The maximum atomic E-state index is 14.2. The lowest BCUT2D eigenvalue weighted by Crippen LogP contribution is -2.50. The van der Waals surface area contributed by atoms with Crippen molar-refractivity contribution in [1.29, 1.82) is 0 Å². The van der Waals surface area contributed by atoms with Gasteiger partial charge >= 0.3 is 0 Å². The van der Waals surface area contributed by atoms with E-state index in [1.54, 1.807) is 7.11 Å². The Bertz CT molecular complexity index is 1270. The highest BCUT2D eigenvalue weighted by Gasteiger charge is 2.57. The zero-order valence-electron chi connectivity index (χ0n) is 23.9. The summed E-state index contributed by atoms with van der Waals surface area (Å²) in [4.78, 5) is 16.5. The molecule has 0 unspecified atom stereocenters. The van der Waals surface area contributed by atoms with Gasteiger partial charge < -0.3 is 19.3 Å². The van der Waals surface area contributed by atoms with Crippen LogP contribution in [-0.2, 0) is 11.2 Å². The first-order chi connectivity index (χ1) is 18.7. The third kappa shape index (κ3) is 3.70. The number of rotatable bonds is 4. The van der Waals surface area contributed by atoms with Crippen LogP contribution in [0, 0.1) is 28.6 Å². The molecule has 0 amide bonds. The smallest absolute Gasteiger partial charge is 0.231 e. The molecule has 2 aliphatic heterocycles. The molecule has 1 N–H and O–H groups in total. The lowest BCUT2D eigenvalue weighted by atomic mass is 9.47. The molecule has 0 bridgehead atoms. The second-order valence-corrected chi connectivity index (χ2v) is 13.6. The first-order valence-electron chi connectivity index (χ1n) is 15.1. The number of ether oxygens (including phenoxy) is 3. The number of benzene rings is 1. The molecule has 0 radical (unpaired) electrons. The monoisotopic (exact) mass is 533 g/mol. The number of aliphatic hydroxyl groups is 1. The van der Waals surface area contributed by atoms with Crippen LogP contribution in [0.1, 0.15) is 82.4 Å². The van der Waals surface area contributed by atoms with Crippen LogP contribution in [0.15, 0.2) is 29.4 Å². The number of hydrogen-bond acceptors (Lipinski definition) is 6. The highest BCUT2D eigenvalue weighted by Crippen LogP contribution is 2.65. The van der Waals surface area contributed by atoms with Crippen molar-refractivity contribution in [3.05, 3.63) is 40.5 Å².